The predicted molar refractivity (Wildman–Crippen MR) is 60.6 cm³/mol. The molecule has 7 nitrogen and oxygen atoms in total. The maximum atomic E-state index is 12.2. The zero-order valence-electron chi connectivity index (χ0n) is 9.72. The minimum Gasteiger partial charge on any atom is -0.398 e. The molecular formula is C10H7F3N4O3. The number of rotatable bonds is 3. The van der Waals surface area contributed by atoms with Crippen LogP contribution in [0.15, 0.2) is 22.7 Å². The standard InChI is InChI=1S/C10H7F3N4O3/c11-10(12,13)4-8-15-9(20-16-8)6-3-5(17(18)19)1-2-7(6)14/h1-3H,4,14H2. The van der Waals surface area contributed by atoms with Gasteiger partial charge in [0.2, 0.25) is 0 Å². The molecule has 0 amide bonds. The first-order chi connectivity index (χ1) is 9.26. The molecule has 0 aliphatic carbocycles. The smallest absolute Gasteiger partial charge is 0.396 e. The van der Waals surface area contributed by atoms with Crippen LogP contribution in [0, 0.1) is 10.1 Å². The van der Waals surface area contributed by atoms with Crippen molar-refractivity contribution in [1.82, 2.24) is 10.1 Å². The van der Waals surface area contributed by atoms with E-state index in [1.54, 1.807) is 0 Å². The van der Waals surface area contributed by atoms with Crippen LogP contribution >= 0.6 is 0 Å². The van der Waals surface area contributed by atoms with Crippen LogP contribution in [-0.4, -0.2) is 21.2 Å². The molecule has 0 aliphatic heterocycles. The third-order valence-electron chi connectivity index (χ3n) is 2.30. The summed E-state index contributed by atoms with van der Waals surface area (Å²) in [5.74, 6) is -0.871. The first-order valence-corrected chi connectivity index (χ1v) is 5.20. The molecule has 0 radical (unpaired) electrons. The van der Waals surface area contributed by atoms with Crippen molar-refractivity contribution in [3.05, 3.63) is 34.1 Å². The molecule has 1 aromatic heterocycles. The van der Waals surface area contributed by atoms with Crippen molar-refractivity contribution in [2.45, 2.75) is 12.6 Å². The van der Waals surface area contributed by atoms with E-state index < -0.39 is 23.3 Å². The molecule has 0 atom stereocenters. The number of nitro groups is 1. The Kier molecular flexibility index (Phi) is 3.30. The van der Waals surface area contributed by atoms with Crippen molar-refractivity contribution < 1.29 is 22.6 Å². The predicted octanol–water partition coefficient (Wildman–Crippen LogP) is 2.33. The topological polar surface area (TPSA) is 108 Å². The lowest BCUT2D eigenvalue weighted by molar-refractivity contribution is -0.384. The van der Waals surface area contributed by atoms with Gasteiger partial charge in [0.1, 0.15) is 6.42 Å². The molecule has 0 spiro atoms. The summed E-state index contributed by atoms with van der Waals surface area (Å²) in [6.45, 7) is 0. The van der Waals surface area contributed by atoms with Crippen molar-refractivity contribution in [2.75, 3.05) is 5.73 Å². The van der Waals surface area contributed by atoms with Gasteiger partial charge in [-0.3, -0.25) is 10.1 Å². The number of anilines is 1. The average molecular weight is 288 g/mol. The van der Waals surface area contributed by atoms with Gasteiger partial charge >= 0.3 is 6.18 Å². The molecule has 0 bridgehead atoms. The monoisotopic (exact) mass is 288 g/mol. The Labute approximate surface area is 109 Å². The molecule has 2 aromatic rings. The summed E-state index contributed by atoms with van der Waals surface area (Å²) in [6, 6.07) is 3.45. The van der Waals surface area contributed by atoms with Crippen molar-refractivity contribution in [2.24, 2.45) is 0 Å². The van der Waals surface area contributed by atoms with E-state index in [0.29, 0.717) is 0 Å². The summed E-state index contributed by atoms with van der Waals surface area (Å²) >= 11 is 0. The normalized spacial score (nSPS) is 11.6. The minimum atomic E-state index is -4.48. The van der Waals surface area contributed by atoms with E-state index >= 15 is 0 Å². The first kappa shape index (κ1) is 13.8. The summed E-state index contributed by atoms with van der Waals surface area (Å²) in [7, 11) is 0. The Morgan fingerprint density at radius 2 is 2.10 bits per heavy atom. The largest absolute Gasteiger partial charge is 0.398 e. The molecule has 0 fully saturated rings. The van der Waals surface area contributed by atoms with E-state index in [-0.39, 0.29) is 22.8 Å². The molecular weight excluding hydrogens is 281 g/mol. The van der Waals surface area contributed by atoms with Gasteiger partial charge in [-0.15, -0.1) is 0 Å². The number of alkyl halides is 3. The van der Waals surface area contributed by atoms with E-state index in [9.17, 15) is 23.3 Å². The fourth-order valence-corrected chi connectivity index (χ4v) is 1.46. The Bertz CT molecular complexity index is 653. The van der Waals surface area contributed by atoms with Crippen molar-refractivity contribution >= 4 is 11.4 Å². The highest BCUT2D eigenvalue weighted by molar-refractivity contribution is 5.73. The Hall–Kier alpha value is -2.65. The third kappa shape index (κ3) is 3.02. The molecule has 0 aliphatic rings. The van der Waals surface area contributed by atoms with Gasteiger partial charge in [-0.2, -0.15) is 18.2 Å². The van der Waals surface area contributed by atoms with Crippen LogP contribution in [0.25, 0.3) is 11.5 Å². The number of halogens is 3. The van der Waals surface area contributed by atoms with Crippen molar-refractivity contribution in [3.63, 3.8) is 0 Å². The van der Waals surface area contributed by atoms with E-state index in [2.05, 4.69) is 14.7 Å². The zero-order chi connectivity index (χ0) is 14.9. The van der Waals surface area contributed by atoms with Crippen LogP contribution in [0.2, 0.25) is 0 Å². The molecule has 0 saturated heterocycles. The second-order valence-corrected chi connectivity index (χ2v) is 3.84. The maximum Gasteiger partial charge on any atom is 0.396 e. The summed E-state index contributed by atoms with van der Waals surface area (Å²) in [4.78, 5) is 13.5. The Morgan fingerprint density at radius 1 is 1.40 bits per heavy atom. The van der Waals surface area contributed by atoms with Crippen LogP contribution in [0.1, 0.15) is 5.82 Å². The quantitative estimate of drug-likeness (QED) is 0.527. The van der Waals surface area contributed by atoms with Gasteiger partial charge < -0.3 is 10.3 Å². The van der Waals surface area contributed by atoms with E-state index in [1.165, 1.54) is 6.07 Å². The molecule has 1 heterocycles. The fourth-order valence-electron chi connectivity index (χ4n) is 1.46. The number of nitrogen functional groups attached to an aromatic ring is 1. The SMILES string of the molecule is Nc1ccc([N+](=O)[O-])cc1-c1nc(CC(F)(F)F)no1. The lowest BCUT2D eigenvalue weighted by Crippen LogP contribution is -2.12. The van der Waals surface area contributed by atoms with Crippen LogP contribution in [0.3, 0.4) is 0 Å². The zero-order valence-corrected chi connectivity index (χ0v) is 9.72. The molecule has 0 saturated carbocycles. The highest BCUT2D eigenvalue weighted by atomic mass is 19.4. The number of non-ortho nitro benzene ring substituents is 1. The second-order valence-electron chi connectivity index (χ2n) is 3.84. The van der Waals surface area contributed by atoms with Gasteiger partial charge in [-0.1, -0.05) is 5.16 Å². The number of nitro benzene ring substituents is 1. The molecule has 1 aromatic carbocycles. The highest BCUT2D eigenvalue weighted by Crippen LogP contribution is 2.29. The number of nitrogens with zero attached hydrogens (tertiary/aromatic N) is 3. The van der Waals surface area contributed by atoms with Gasteiger partial charge in [-0.05, 0) is 6.07 Å². The third-order valence-corrected chi connectivity index (χ3v) is 2.30. The van der Waals surface area contributed by atoms with E-state index in [4.69, 9.17) is 5.73 Å². The van der Waals surface area contributed by atoms with Gasteiger partial charge in [0, 0.05) is 17.8 Å². The molecule has 2 rings (SSSR count). The fraction of sp³-hybridized carbons (Fsp3) is 0.200. The van der Waals surface area contributed by atoms with Crippen LogP contribution in [-0.2, 0) is 6.42 Å². The number of benzene rings is 1. The van der Waals surface area contributed by atoms with Gasteiger partial charge in [0.15, 0.2) is 5.82 Å². The summed E-state index contributed by atoms with van der Waals surface area (Å²) in [5, 5.41) is 13.8. The number of hydrogen-bond acceptors (Lipinski definition) is 6. The van der Waals surface area contributed by atoms with Crippen molar-refractivity contribution in [1.29, 1.82) is 0 Å². The lowest BCUT2D eigenvalue weighted by Gasteiger charge is -2.01. The summed E-state index contributed by atoms with van der Waals surface area (Å²) < 4.78 is 41.1. The molecule has 0 unspecified atom stereocenters. The maximum absolute atomic E-state index is 12.2. The Morgan fingerprint density at radius 3 is 2.70 bits per heavy atom. The summed E-state index contributed by atoms with van der Waals surface area (Å²) in [5.41, 5.74) is 5.39. The van der Waals surface area contributed by atoms with Gasteiger partial charge in [-0.25, -0.2) is 0 Å². The minimum absolute atomic E-state index is 0.0140. The number of aromatic nitrogens is 2. The van der Waals surface area contributed by atoms with Crippen LogP contribution < -0.4 is 5.73 Å². The first-order valence-electron chi connectivity index (χ1n) is 5.20. The van der Waals surface area contributed by atoms with E-state index in [0.717, 1.165) is 12.1 Å². The molecule has 106 valence electrons. The van der Waals surface area contributed by atoms with Crippen LogP contribution in [0.4, 0.5) is 24.5 Å². The molecule has 2 N–H and O–H groups in total. The van der Waals surface area contributed by atoms with Crippen molar-refractivity contribution in [3.8, 4) is 11.5 Å². The highest BCUT2D eigenvalue weighted by Gasteiger charge is 2.31. The van der Waals surface area contributed by atoms with Gasteiger partial charge in [0.05, 0.1) is 10.5 Å². The average Bonchev–Trinajstić information content (AvgIpc) is 2.75. The Balaban J connectivity index is 2.37. The molecule has 20 heavy (non-hydrogen) atoms. The summed E-state index contributed by atoms with van der Waals surface area (Å²) in [6.07, 6.45) is -5.83. The second kappa shape index (κ2) is 4.79. The lowest BCUT2D eigenvalue weighted by atomic mass is 10.1. The van der Waals surface area contributed by atoms with Crippen LogP contribution in [0.5, 0.6) is 0 Å². The number of hydrogen-bond donors (Lipinski definition) is 1. The van der Waals surface area contributed by atoms with E-state index in [1.807, 2.05) is 0 Å². The van der Waals surface area contributed by atoms with Gasteiger partial charge in [0.25, 0.3) is 11.6 Å². The number of nitrogens with two attached hydrogens (primary N) is 1. The molecule has 10 heteroatoms.